The molecule has 11 nitrogen and oxygen atoms in total. The van der Waals surface area contributed by atoms with E-state index in [0.29, 0.717) is 12.8 Å². The number of rotatable bonds is 40. The van der Waals surface area contributed by atoms with E-state index in [-0.39, 0.29) is 12.8 Å². The second-order valence-electron chi connectivity index (χ2n) is 14.5. The van der Waals surface area contributed by atoms with Crippen LogP contribution >= 0.6 is 7.82 Å². The molecule has 0 aromatic heterocycles. The maximum atomic E-state index is 12.3. The molecule has 0 aromatic carbocycles. The fraction of sp³-hybridized carbons (Fsp3) is 0.833. The minimum Gasteiger partial charge on any atom is -0.480 e. The number of allylic oxidation sites excluding steroid dienone is 4. The molecule has 0 saturated carbocycles. The van der Waals surface area contributed by atoms with Gasteiger partial charge in [-0.2, -0.15) is 0 Å². The molecule has 3 unspecified atom stereocenters. The lowest BCUT2D eigenvalue weighted by molar-refractivity contribution is -0.147. The number of nitrogens with one attached hydrogen (secondary N) is 1. The van der Waals surface area contributed by atoms with Crippen molar-refractivity contribution in [2.24, 2.45) is 0 Å². The van der Waals surface area contributed by atoms with Crippen molar-refractivity contribution in [3.63, 3.8) is 0 Å². The van der Waals surface area contributed by atoms with Gasteiger partial charge < -0.3 is 25.2 Å². The number of carboxylic acids is 1. The Morgan fingerprint density at radius 2 is 1.02 bits per heavy atom. The number of phosphoric acid groups is 1. The predicted octanol–water partition coefficient (Wildman–Crippen LogP) is 10.7. The molecule has 0 heterocycles. The van der Waals surface area contributed by atoms with Crippen LogP contribution in [0.3, 0.4) is 0 Å². The van der Waals surface area contributed by atoms with Gasteiger partial charge in [0.2, 0.25) is 5.91 Å². The molecule has 0 aliphatic heterocycles. The van der Waals surface area contributed by atoms with E-state index in [4.69, 9.17) is 13.8 Å². The Morgan fingerprint density at radius 3 is 1.54 bits per heavy atom. The van der Waals surface area contributed by atoms with Gasteiger partial charge >= 0.3 is 19.8 Å². The topological polar surface area (TPSA) is 169 Å². The molecule has 12 heteroatoms. The van der Waals surface area contributed by atoms with Crippen molar-refractivity contribution >= 4 is 25.7 Å². The van der Waals surface area contributed by atoms with Gasteiger partial charge in [-0.25, -0.2) is 9.36 Å². The second-order valence-corrected chi connectivity index (χ2v) is 16.0. The van der Waals surface area contributed by atoms with Crippen molar-refractivity contribution < 1.29 is 47.8 Å². The Labute approximate surface area is 328 Å². The number of ether oxygens (including phenoxy) is 1. The largest absolute Gasteiger partial charge is 0.480 e. The summed E-state index contributed by atoms with van der Waals surface area (Å²) in [6, 6.07) is -1.54. The molecule has 0 spiro atoms. The Hall–Kier alpha value is -2.04. The molecule has 316 valence electrons. The molecule has 54 heavy (non-hydrogen) atoms. The van der Waals surface area contributed by atoms with Gasteiger partial charge in [0.05, 0.1) is 13.2 Å². The van der Waals surface area contributed by atoms with Gasteiger partial charge in [-0.15, -0.1) is 0 Å². The molecule has 1 amide bonds. The first-order valence-corrected chi connectivity index (χ1v) is 22.9. The summed E-state index contributed by atoms with van der Waals surface area (Å²) >= 11 is 0. The van der Waals surface area contributed by atoms with Crippen LogP contribution in [-0.2, 0) is 32.7 Å². The van der Waals surface area contributed by atoms with Crippen LogP contribution in [0.15, 0.2) is 24.3 Å². The number of carbonyl (C=O) groups excluding carboxylic acids is 2. The van der Waals surface area contributed by atoms with E-state index in [9.17, 15) is 34.1 Å². The van der Waals surface area contributed by atoms with Crippen molar-refractivity contribution in [3.8, 4) is 0 Å². The third kappa shape index (κ3) is 36.9. The van der Waals surface area contributed by atoms with Crippen molar-refractivity contribution in [1.29, 1.82) is 0 Å². The summed E-state index contributed by atoms with van der Waals surface area (Å²) in [7, 11) is -4.75. The predicted molar refractivity (Wildman–Crippen MR) is 217 cm³/mol. The summed E-state index contributed by atoms with van der Waals surface area (Å²) in [6.07, 6.45) is 37.7. The van der Waals surface area contributed by atoms with E-state index >= 15 is 0 Å². The lowest BCUT2D eigenvalue weighted by Crippen LogP contribution is -2.43. The molecule has 0 aromatic rings. The van der Waals surface area contributed by atoms with Crippen LogP contribution in [0.25, 0.3) is 0 Å². The van der Waals surface area contributed by atoms with Crippen LogP contribution in [0, 0.1) is 0 Å². The highest BCUT2D eigenvalue weighted by molar-refractivity contribution is 7.47. The van der Waals surface area contributed by atoms with Gasteiger partial charge in [0.25, 0.3) is 0 Å². The standard InChI is InChI=1S/C42H78NO10P/c1-3-5-7-9-11-13-15-17-19-21-23-25-27-29-31-33-40(45)43-39(42(47)48)37-53-54(49,50)52-36-38(44)35-51-41(46)34-32-30-28-26-24-22-20-18-16-14-12-10-8-6-4-2/h12,14,18,20,38-39,44H,3-11,13,15-17,19,21-37H2,1-2H3,(H,43,45)(H,47,48)(H,49,50)/b14-12-,20-18-. The van der Waals surface area contributed by atoms with Gasteiger partial charge in [0.15, 0.2) is 6.04 Å². The zero-order valence-electron chi connectivity index (χ0n) is 34.0. The van der Waals surface area contributed by atoms with E-state index in [1.165, 1.54) is 89.9 Å². The average Bonchev–Trinajstić information content (AvgIpc) is 3.14. The fourth-order valence-corrected chi connectivity index (χ4v) is 6.65. The van der Waals surface area contributed by atoms with E-state index in [2.05, 4.69) is 43.5 Å². The maximum absolute atomic E-state index is 12.3. The number of carboxylic acid groups (broad SMARTS) is 1. The third-order valence-corrected chi connectivity index (χ3v) is 10.2. The number of unbranched alkanes of at least 4 members (excludes halogenated alkanes) is 22. The van der Waals surface area contributed by atoms with Crippen LogP contribution in [0.1, 0.15) is 194 Å². The molecule has 0 fully saturated rings. The van der Waals surface area contributed by atoms with Crippen molar-refractivity contribution in [1.82, 2.24) is 5.32 Å². The lowest BCUT2D eigenvalue weighted by atomic mass is 10.0. The number of aliphatic carboxylic acids is 1. The van der Waals surface area contributed by atoms with Gasteiger partial charge in [-0.3, -0.25) is 18.6 Å². The highest BCUT2D eigenvalue weighted by Crippen LogP contribution is 2.43. The first kappa shape index (κ1) is 52.0. The van der Waals surface area contributed by atoms with Gasteiger partial charge in [-0.05, 0) is 44.9 Å². The number of aliphatic hydroxyl groups excluding tert-OH is 1. The van der Waals surface area contributed by atoms with Crippen LogP contribution in [0.5, 0.6) is 0 Å². The molecule has 0 aliphatic rings. The fourth-order valence-electron chi connectivity index (χ4n) is 5.87. The third-order valence-electron chi connectivity index (χ3n) is 9.24. The van der Waals surface area contributed by atoms with Crippen LogP contribution in [0.4, 0.5) is 0 Å². The number of aliphatic hydroxyl groups is 1. The Morgan fingerprint density at radius 1 is 0.593 bits per heavy atom. The second kappa shape index (κ2) is 37.9. The molecule has 0 aliphatic carbocycles. The van der Waals surface area contributed by atoms with Crippen molar-refractivity contribution in [2.45, 2.75) is 206 Å². The molecule has 3 atom stereocenters. The van der Waals surface area contributed by atoms with E-state index in [0.717, 1.165) is 64.2 Å². The lowest BCUT2D eigenvalue weighted by Gasteiger charge is -2.18. The molecule has 0 bridgehead atoms. The summed E-state index contributed by atoms with van der Waals surface area (Å²) < 4.78 is 26.8. The zero-order chi connectivity index (χ0) is 40.0. The summed E-state index contributed by atoms with van der Waals surface area (Å²) in [5.41, 5.74) is 0. The molecule has 0 radical (unpaired) electrons. The number of amides is 1. The molecule has 0 rings (SSSR count). The van der Waals surface area contributed by atoms with Crippen molar-refractivity contribution in [3.05, 3.63) is 24.3 Å². The summed E-state index contributed by atoms with van der Waals surface area (Å²) in [5.74, 6) is -2.38. The van der Waals surface area contributed by atoms with E-state index in [1.54, 1.807) is 0 Å². The van der Waals surface area contributed by atoms with Gasteiger partial charge in [0, 0.05) is 12.8 Å². The normalized spacial score (nSPS) is 14.0. The first-order chi connectivity index (χ1) is 26.1. The Balaban J connectivity index is 3.92. The smallest absolute Gasteiger partial charge is 0.472 e. The number of esters is 1. The number of hydrogen-bond acceptors (Lipinski definition) is 8. The minimum absolute atomic E-state index is 0.149. The molecular formula is C42H78NO10P. The SMILES string of the molecule is CCCCC/C=C\C/C=C\CCCCCCCC(=O)OCC(O)COP(=O)(O)OCC(NC(=O)CCCCCCCCCCCCCCCCC)C(=O)O. The van der Waals surface area contributed by atoms with Crippen LogP contribution in [-0.4, -0.2) is 64.9 Å². The average molecular weight is 788 g/mol. The first-order valence-electron chi connectivity index (χ1n) is 21.4. The summed E-state index contributed by atoms with van der Waals surface area (Å²) in [4.78, 5) is 45.8. The highest BCUT2D eigenvalue weighted by Gasteiger charge is 2.28. The molecular weight excluding hydrogens is 709 g/mol. The van der Waals surface area contributed by atoms with Gasteiger partial charge in [0.1, 0.15) is 12.7 Å². The quantitative estimate of drug-likeness (QED) is 0.0203. The summed E-state index contributed by atoms with van der Waals surface area (Å²) in [6.45, 7) is 2.56. The number of phosphoric ester groups is 1. The monoisotopic (exact) mass is 788 g/mol. The number of hydrogen-bond donors (Lipinski definition) is 4. The van der Waals surface area contributed by atoms with E-state index < -0.39 is 57.6 Å². The zero-order valence-corrected chi connectivity index (χ0v) is 34.9. The maximum Gasteiger partial charge on any atom is 0.472 e. The summed E-state index contributed by atoms with van der Waals surface area (Å²) in [5, 5.41) is 21.8. The molecule has 0 saturated heterocycles. The Bertz CT molecular complexity index is 1020. The van der Waals surface area contributed by atoms with E-state index in [1.807, 2.05) is 0 Å². The highest BCUT2D eigenvalue weighted by atomic mass is 31.2. The Kier molecular flexibility index (Phi) is 36.4. The van der Waals surface area contributed by atoms with Crippen LogP contribution in [0.2, 0.25) is 0 Å². The molecule has 4 N–H and O–H groups in total. The van der Waals surface area contributed by atoms with Crippen molar-refractivity contribution in [2.75, 3.05) is 19.8 Å². The van der Waals surface area contributed by atoms with Crippen LogP contribution < -0.4 is 5.32 Å². The minimum atomic E-state index is -4.75. The number of carbonyl (C=O) groups is 3. The van der Waals surface area contributed by atoms with Gasteiger partial charge in [-0.1, -0.05) is 160 Å².